The van der Waals surface area contributed by atoms with Gasteiger partial charge in [0.25, 0.3) is 0 Å². The molecule has 3 unspecified atom stereocenters. The minimum absolute atomic E-state index is 1.02. The lowest BCUT2D eigenvalue weighted by molar-refractivity contribution is 0.221. The lowest BCUT2D eigenvalue weighted by atomic mass is 9.88. The van der Waals surface area contributed by atoms with Crippen LogP contribution in [0.5, 0.6) is 0 Å². The van der Waals surface area contributed by atoms with Gasteiger partial charge in [0, 0.05) is 19.6 Å². The van der Waals surface area contributed by atoms with Gasteiger partial charge in [-0.15, -0.1) is 0 Å². The fraction of sp³-hybridized carbons (Fsp3) is 1.00. The van der Waals surface area contributed by atoms with Crippen molar-refractivity contribution in [2.24, 2.45) is 17.8 Å². The van der Waals surface area contributed by atoms with Crippen molar-refractivity contribution in [3.05, 3.63) is 0 Å². The van der Waals surface area contributed by atoms with Crippen LogP contribution in [-0.2, 0) is 0 Å². The third kappa shape index (κ3) is 2.29. The van der Waals surface area contributed by atoms with Crippen LogP contribution in [0, 0.1) is 17.8 Å². The summed E-state index contributed by atoms with van der Waals surface area (Å²) in [6.07, 6.45) is 6.12. The maximum Gasteiger partial charge on any atom is 0.0104 e. The summed E-state index contributed by atoms with van der Waals surface area (Å²) in [4.78, 5) is 2.50. The van der Waals surface area contributed by atoms with Crippen molar-refractivity contribution < 1.29 is 0 Å². The average molecular weight is 196 g/mol. The zero-order valence-corrected chi connectivity index (χ0v) is 9.63. The summed E-state index contributed by atoms with van der Waals surface area (Å²) in [7, 11) is 4.30. The number of hydrogen-bond acceptors (Lipinski definition) is 2. The fourth-order valence-corrected chi connectivity index (χ4v) is 3.39. The van der Waals surface area contributed by atoms with Gasteiger partial charge in [0.05, 0.1) is 0 Å². The number of nitrogens with zero attached hydrogens (tertiary/aromatic N) is 1. The summed E-state index contributed by atoms with van der Waals surface area (Å²) in [5.74, 6) is 3.20. The number of fused-ring (bicyclic) bond motifs is 2. The Morgan fingerprint density at radius 2 is 2.14 bits per heavy atom. The molecule has 2 bridgehead atoms. The smallest absolute Gasteiger partial charge is 0.0104 e. The largest absolute Gasteiger partial charge is 0.318 e. The molecule has 2 aliphatic rings. The molecule has 2 saturated carbocycles. The highest BCUT2D eigenvalue weighted by atomic mass is 15.1. The topological polar surface area (TPSA) is 15.3 Å². The molecule has 2 aliphatic carbocycles. The SMILES string of the molecule is CNCCN(C)CC1CC2CCC1C2. The molecule has 0 amide bonds. The van der Waals surface area contributed by atoms with Crippen LogP contribution in [0.25, 0.3) is 0 Å². The molecule has 0 aromatic carbocycles. The summed E-state index contributed by atoms with van der Waals surface area (Å²) in [5.41, 5.74) is 0. The first-order valence-electron chi connectivity index (χ1n) is 6.12. The van der Waals surface area contributed by atoms with Crippen LogP contribution in [-0.4, -0.2) is 38.6 Å². The molecule has 0 heterocycles. The van der Waals surface area contributed by atoms with E-state index in [0.29, 0.717) is 0 Å². The molecular weight excluding hydrogens is 172 g/mol. The van der Waals surface area contributed by atoms with Crippen LogP contribution >= 0.6 is 0 Å². The molecule has 3 atom stereocenters. The monoisotopic (exact) mass is 196 g/mol. The lowest BCUT2D eigenvalue weighted by Gasteiger charge is -2.27. The third-order valence-electron chi connectivity index (χ3n) is 4.17. The van der Waals surface area contributed by atoms with E-state index in [2.05, 4.69) is 17.3 Å². The van der Waals surface area contributed by atoms with Crippen LogP contribution in [0.2, 0.25) is 0 Å². The third-order valence-corrected chi connectivity index (χ3v) is 4.17. The number of likely N-dealkylation sites (N-methyl/N-ethyl adjacent to an activating group) is 2. The predicted molar refractivity (Wildman–Crippen MR) is 60.4 cm³/mol. The van der Waals surface area contributed by atoms with Gasteiger partial charge in [-0.2, -0.15) is 0 Å². The van der Waals surface area contributed by atoms with Gasteiger partial charge >= 0.3 is 0 Å². The van der Waals surface area contributed by atoms with Gasteiger partial charge in [0.15, 0.2) is 0 Å². The average Bonchev–Trinajstić information content (AvgIpc) is 2.76. The Balaban J connectivity index is 1.70. The second-order valence-electron chi connectivity index (χ2n) is 5.30. The summed E-state index contributed by atoms with van der Waals surface area (Å²) >= 11 is 0. The quantitative estimate of drug-likeness (QED) is 0.718. The van der Waals surface area contributed by atoms with E-state index < -0.39 is 0 Å². The van der Waals surface area contributed by atoms with Gasteiger partial charge in [0.1, 0.15) is 0 Å². The molecule has 1 N–H and O–H groups in total. The standard InChI is InChI=1S/C12H24N2/c1-13-5-6-14(2)9-12-8-10-3-4-11(12)7-10/h10-13H,3-9H2,1-2H3. The van der Waals surface area contributed by atoms with E-state index in [1.54, 1.807) is 6.42 Å². The van der Waals surface area contributed by atoms with Gasteiger partial charge in [-0.25, -0.2) is 0 Å². The van der Waals surface area contributed by atoms with Crippen molar-refractivity contribution in [1.29, 1.82) is 0 Å². The first-order chi connectivity index (χ1) is 6.79. The molecule has 82 valence electrons. The van der Waals surface area contributed by atoms with E-state index in [1.807, 2.05) is 7.05 Å². The normalized spacial score (nSPS) is 35.8. The molecule has 2 nitrogen and oxygen atoms in total. The van der Waals surface area contributed by atoms with Gasteiger partial charge in [0.2, 0.25) is 0 Å². The van der Waals surface area contributed by atoms with Crippen LogP contribution in [0.3, 0.4) is 0 Å². The van der Waals surface area contributed by atoms with E-state index in [4.69, 9.17) is 0 Å². The Labute approximate surface area is 88.1 Å². The summed E-state index contributed by atoms with van der Waals surface area (Å²) in [5, 5.41) is 3.22. The first-order valence-corrected chi connectivity index (χ1v) is 6.12. The van der Waals surface area contributed by atoms with Crippen molar-refractivity contribution in [1.82, 2.24) is 10.2 Å². The molecule has 2 heteroatoms. The predicted octanol–water partition coefficient (Wildman–Crippen LogP) is 1.57. The van der Waals surface area contributed by atoms with Crippen LogP contribution in [0.1, 0.15) is 25.7 Å². The van der Waals surface area contributed by atoms with Crippen molar-refractivity contribution in [2.45, 2.75) is 25.7 Å². The summed E-state index contributed by atoms with van der Waals surface area (Å²) < 4.78 is 0. The van der Waals surface area contributed by atoms with E-state index >= 15 is 0 Å². The van der Waals surface area contributed by atoms with Crippen molar-refractivity contribution in [3.8, 4) is 0 Å². The molecule has 0 aromatic heterocycles. The second kappa shape index (κ2) is 4.63. The van der Waals surface area contributed by atoms with Crippen LogP contribution < -0.4 is 5.32 Å². The van der Waals surface area contributed by atoms with Crippen LogP contribution in [0.15, 0.2) is 0 Å². The molecule has 0 saturated heterocycles. The minimum atomic E-state index is 1.02. The Kier molecular flexibility index (Phi) is 3.45. The highest BCUT2D eigenvalue weighted by molar-refractivity contribution is 4.90. The molecular formula is C12H24N2. The number of rotatable bonds is 5. The Morgan fingerprint density at radius 1 is 1.29 bits per heavy atom. The molecule has 0 aliphatic heterocycles. The van der Waals surface area contributed by atoms with Gasteiger partial charge in [-0.1, -0.05) is 6.42 Å². The summed E-state index contributed by atoms with van der Waals surface area (Å²) in [6, 6.07) is 0. The highest BCUT2D eigenvalue weighted by Gasteiger charge is 2.39. The second-order valence-corrected chi connectivity index (χ2v) is 5.30. The van der Waals surface area contributed by atoms with Gasteiger partial charge in [-0.3, -0.25) is 0 Å². The Morgan fingerprint density at radius 3 is 2.71 bits per heavy atom. The van der Waals surface area contributed by atoms with Gasteiger partial charge in [-0.05, 0) is 51.1 Å². The maximum absolute atomic E-state index is 3.22. The fourth-order valence-electron chi connectivity index (χ4n) is 3.39. The van der Waals surface area contributed by atoms with Gasteiger partial charge < -0.3 is 10.2 Å². The van der Waals surface area contributed by atoms with E-state index in [-0.39, 0.29) is 0 Å². The van der Waals surface area contributed by atoms with Crippen molar-refractivity contribution >= 4 is 0 Å². The molecule has 0 radical (unpaired) electrons. The zero-order chi connectivity index (χ0) is 9.97. The maximum atomic E-state index is 3.22. The van der Waals surface area contributed by atoms with Crippen LogP contribution in [0.4, 0.5) is 0 Å². The molecule has 0 aromatic rings. The van der Waals surface area contributed by atoms with E-state index in [1.165, 1.54) is 32.4 Å². The number of nitrogens with one attached hydrogen (secondary N) is 1. The number of hydrogen-bond donors (Lipinski definition) is 1. The molecule has 2 fully saturated rings. The zero-order valence-electron chi connectivity index (χ0n) is 9.63. The first kappa shape index (κ1) is 10.4. The van der Waals surface area contributed by atoms with E-state index in [9.17, 15) is 0 Å². The highest BCUT2D eigenvalue weighted by Crippen LogP contribution is 2.48. The molecule has 14 heavy (non-hydrogen) atoms. The lowest BCUT2D eigenvalue weighted by Crippen LogP contribution is -2.33. The summed E-state index contributed by atoms with van der Waals surface area (Å²) in [6.45, 7) is 3.66. The van der Waals surface area contributed by atoms with Crippen molar-refractivity contribution in [3.63, 3.8) is 0 Å². The minimum Gasteiger partial charge on any atom is -0.318 e. The van der Waals surface area contributed by atoms with E-state index in [0.717, 1.165) is 24.3 Å². The van der Waals surface area contributed by atoms with Crippen molar-refractivity contribution in [2.75, 3.05) is 33.7 Å². The Hall–Kier alpha value is -0.0800. The Bertz CT molecular complexity index is 181. The molecule has 2 rings (SSSR count). The molecule has 0 spiro atoms.